The number of rotatable bonds is 2. The lowest BCUT2D eigenvalue weighted by Gasteiger charge is -1.87. The van der Waals surface area contributed by atoms with Gasteiger partial charge in [0.05, 0.1) is 0 Å². The fourth-order valence-electron chi connectivity index (χ4n) is 0.259. The van der Waals surface area contributed by atoms with Crippen molar-refractivity contribution in [3.05, 3.63) is 24.0 Å². The minimum Gasteiger partial charge on any atom is -0.384 e. The Morgan fingerprint density at radius 1 is 1.67 bits per heavy atom. The first-order valence-electron chi connectivity index (χ1n) is 2.78. The van der Waals surface area contributed by atoms with Gasteiger partial charge in [0, 0.05) is 6.21 Å². The van der Waals surface area contributed by atoms with Crippen molar-refractivity contribution in [2.45, 2.75) is 13.8 Å². The zero-order valence-corrected chi connectivity index (χ0v) is 5.89. The molecule has 9 heavy (non-hydrogen) atoms. The summed E-state index contributed by atoms with van der Waals surface area (Å²) in [4.78, 5) is 3.86. The zero-order valence-electron chi connectivity index (χ0n) is 5.89. The fourth-order valence-corrected chi connectivity index (χ4v) is 0.259. The van der Waals surface area contributed by atoms with E-state index in [1.807, 2.05) is 13.8 Å². The molecule has 2 heteroatoms. The van der Waals surface area contributed by atoms with Gasteiger partial charge in [0.1, 0.15) is 5.82 Å². The molecule has 0 aliphatic rings. The average molecular weight is 124 g/mol. The maximum absolute atomic E-state index is 5.34. The third-order valence-electron chi connectivity index (χ3n) is 0.730. The Labute approximate surface area is 55.8 Å². The molecule has 2 N–H and O–H groups in total. The number of allylic oxidation sites excluding steroid dienone is 2. The SMILES string of the molecule is C=C(C)C=N/C(N)=C\C. The van der Waals surface area contributed by atoms with Gasteiger partial charge in [-0.1, -0.05) is 6.58 Å². The quantitative estimate of drug-likeness (QED) is 0.556. The molecule has 0 bridgehead atoms. The topological polar surface area (TPSA) is 38.4 Å². The number of hydrogen-bond donors (Lipinski definition) is 1. The average Bonchev–Trinajstić information content (AvgIpc) is 1.83. The van der Waals surface area contributed by atoms with E-state index in [0.717, 1.165) is 5.57 Å². The normalized spacial score (nSPS) is 12.4. The van der Waals surface area contributed by atoms with Gasteiger partial charge in [0.2, 0.25) is 0 Å². The van der Waals surface area contributed by atoms with Crippen LogP contribution in [0.2, 0.25) is 0 Å². The molecule has 0 aromatic carbocycles. The molecular formula is C7H12N2. The Morgan fingerprint density at radius 3 is 2.56 bits per heavy atom. The Balaban J connectivity index is 3.86. The highest BCUT2D eigenvalue weighted by Gasteiger charge is 1.77. The maximum atomic E-state index is 5.34. The van der Waals surface area contributed by atoms with Gasteiger partial charge in [-0.3, -0.25) is 0 Å². The molecule has 0 saturated heterocycles. The van der Waals surface area contributed by atoms with Crippen molar-refractivity contribution in [2.75, 3.05) is 0 Å². The molecule has 0 fully saturated rings. The van der Waals surface area contributed by atoms with Crippen LogP contribution in [-0.4, -0.2) is 6.21 Å². The Kier molecular flexibility index (Phi) is 3.44. The minimum absolute atomic E-state index is 0.526. The minimum atomic E-state index is 0.526. The number of hydrogen-bond acceptors (Lipinski definition) is 2. The Morgan fingerprint density at radius 2 is 2.22 bits per heavy atom. The zero-order chi connectivity index (χ0) is 7.28. The summed E-state index contributed by atoms with van der Waals surface area (Å²) in [6, 6.07) is 0. The standard InChI is InChI=1S/C7H12N2/c1-4-7(8)9-5-6(2)3/h4-5H,2,8H2,1,3H3/b7-4-,9-5?. The lowest BCUT2D eigenvalue weighted by Crippen LogP contribution is -1.92. The van der Waals surface area contributed by atoms with E-state index in [9.17, 15) is 0 Å². The van der Waals surface area contributed by atoms with Crippen molar-refractivity contribution in [3.63, 3.8) is 0 Å². The molecule has 0 spiro atoms. The van der Waals surface area contributed by atoms with Crippen molar-refractivity contribution in [2.24, 2.45) is 10.7 Å². The molecule has 0 aromatic heterocycles. The molecule has 0 saturated carbocycles. The van der Waals surface area contributed by atoms with Crippen LogP contribution in [0.4, 0.5) is 0 Å². The highest BCUT2D eigenvalue weighted by Crippen LogP contribution is 1.86. The third-order valence-corrected chi connectivity index (χ3v) is 0.730. The van der Waals surface area contributed by atoms with Gasteiger partial charge in [0.25, 0.3) is 0 Å². The highest BCUT2D eigenvalue weighted by atomic mass is 14.9. The summed E-state index contributed by atoms with van der Waals surface area (Å²) in [5.74, 6) is 0.526. The monoisotopic (exact) mass is 124 g/mol. The molecule has 0 heterocycles. The summed E-state index contributed by atoms with van der Waals surface area (Å²) in [5.41, 5.74) is 6.25. The van der Waals surface area contributed by atoms with Gasteiger partial charge >= 0.3 is 0 Å². The second kappa shape index (κ2) is 3.89. The van der Waals surface area contributed by atoms with Crippen molar-refractivity contribution in [3.8, 4) is 0 Å². The van der Waals surface area contributed by atoms with Crippen LogP contribution >= 0.6 is 0 Å². The second-order valence-corrected chi connectivity index (χ2v) is 1.82. The van der Waals surface area contributed by atoms with Crippen molar-refractivity contribution in [1.82, 2.24) is 0 Å². The van der Waals surface area contributed by atoms with Gasteiger partial charge in [0.15, 0.2) is 0 Å². The van der Waals surface area contributed by atoms with Crippen molar-refractivity contribution in [1.29, 1.82) is 0 Å². The number of aliphatic imine (C=N–C) groups is 1. The van der Waals surface area contributed by atoms with Crippen molar-refractivity contribution < 1.29 is 0 Å². The Hall–Kier alpha value is -1.05. The van der Waals surface area contributed by atoms with Crippen LogP contribution in [0.1, 0.15) is 13.8 Å². The van der Waals surface area contributed by atoms with E-state index >= 15 is 0 Å². The molecular weight excluding hydrogens is 112 g/mol. The van der Waals surface area contributed by atoms with Gasteiger partial charge in [-0.05, 0) is 25.5 Å². The smallest absolute Gasteiger partial charge is 0.118 e. The van der Waals surface area contributed by atoms with E-state index in [2.05, 4.69) is 11.6 Å². The van der Waals surface area contributed by atoms with Gasteiger partial charge < -0.3 is 5.73 Å². The molecule has 0 aliphatic heterocycles. The highest BCUT2D eigenvalue weighted by molar-refractivity contribution is 5.77. The first-order chi connectivity index (χ1) is 4.16. The van der Waals surface area contributed by atoms with E-state index in [-0.39, 0.29) is 0 Å². The van der Waals surface area contributed by atoms with E-state index < -0.39 is 0 Å². The van der Waals surface area contributed by atoms with Crippen LogP contribution in [0.3, 0.4) is 0 Å². The van der Waals surface area contributed by atoms with Gasteiger partial charge in [-0.25, -0.2) is 4.99 Å². The number of nitrogens with zero attached hydrogens (tertiary/aromatic N) is 1. The summed E-state index contributed by atoms with van der Waals surface area (Å²) in [7, 11) is 0. The van der Waals surface area contributed by atoms with Gasteiger partial charge in [-0.2, -0.15) is 0 Å². The predicted octanol–water partition coefficient (Wildman–Crippen LogP) is 1.45. The van der Waals surface area contributed by atoms with E-state index in [4.69, 9.17) is 5.73 Å². The van der Waals surface area contributed by atoms with Crippen LogP contribution < -0.4 is 5.73 Å². The second-order valence-electron chi connectivity index (χ2n) is 1.82. The predicted molar refractivity (Wildman–Crippen MR) is 41.3 cm³/mol. The summed E-state index contributed by atoms with van der Waals surface area (Å²) in [5, 5.41) is 0. The molecule has 2 nitrogen and oxygen atoms in total. The third kappa shape index (κ3) is 4.81. The molecule has 0 aliphatic carbocycles. The summed E-state index contributed by atoms with van der Waals surface area (Å²) in [6.07, 6.45) is 3.37. The van der Waals surface area contributed by atoms with E-state index in [0.29, 0.717) is 5.82 Å². The number of nitrogens with two attached hydrogens (primary N) is 1. The molecule has 50 valence electrons. The Bertz CT molecular complexity index is 154. The maximum Gasteiger partial charge on any atom is 0.118 e. The van der Waals surface area contributed by atoms with Crippen LogP contribution in [0.25, 0.3) is 0 Å². The van der Waals surface area contributed by atoms with E-state index in [1.54, 1.807) is 12.3 Å². The molecule has 0 radical (unpaired) electrons. The lowest BCUT2D eigenvalue weighted by atomic mass is 10.4. The molecule has 0 amide bonds. The molecule has 0 aromatic rings. The molecule has 0 unspecified atom stereocenters. The summed E-state index contributed by atoms with van der Waals surface area (Å²) < 4.78 is 0. The lowest BCUT2D eigenvalue weighted by molar-refractivity contribution is 1.23. The first kappa shape index (κ1) is 7.95. The van der Waals surface area contributed by atoms with E-state index in [1.165, 1.54) is 0 Å². The molecule has 0 rings (SSSR count). The molecule has 0 atom stereocenters. The van der Waals surface area contributed by atoms with Crippen LogP contribution in [0.15, 0.2) is 29.0 Å². The summed E-state index contributed by atoms with van der Waals surface area (Å²) in [6.45, 7) is 7.34. The largest absolute Gasteiger partial charge is 0.384 e. The van der Waals surface area contributed by atoms with Crippen molar-refractivity contribution >= 4 is 6.21 Å². The van der Waals surface area contributed by atoms with Gasteiger partial charge in [-0.15, -0.1) is 0 Å². The summed E-state index contributed by atoms with van der Waals surface area (Å²) >= 11 is 0. The first-order valence-corrected chi connectivity index (χ1v) is 2.78. The van der Waals surface area contributed by atoms with Crippen LogP contribution in [-0.2, 0) is 0 Å². The van der Waals surface area contributed by atoms with Crippen LogP contribution in [0.5, 0.6) is 0 Å². The van der Waals surface area contributed by atoms with Crippen LogP contribution in [0, 0.1) is 0 Å². The fraction of sp³-hybridized carbons (Fsp3) is 0.286.